The molecular weight excluding hydrogens is 346 g/mol. The van der Waals surface area contributed by atoms with E-state index >= 15 is 0 Å². The van der Waals surface area contributed by atoms with Crippen LogP contribution in [-0.2, 0) is 4.79 Å². The second-order valence-electron chi connectivity index (χ2n) is 6.65. The van der Waals surface area contributed by atoms with Crippen LogP contribution in [0.1, 0.15) is 46.5 Å². The molecule has 0 aliphatic carbocycles. The molecule has 0 unspecified atom stereocenters. The van der Waals surface area contributed by atoms with Gasteiger partial charge in [0.25, 0.3) is 0 Å². The molecule has 0 atom stereocenters. The molecule has 0 aromatic heterocycles. The summed E-state index contributed by atoms with van der Waals surface area (Å²) in [6.07, 6.45) is 19.4. The van der Waals surface area contributed by atoms with E-state index in [0.717, 1.165) is 41.7 Å². The van der Waals surface area contributed by atoms with Crippen molar-refractivity contribution < 1.29 is 4.79 Å². The number of carbonyl (C=O) groups is 1. The smallest absolute Gasteiger partial charge is 0.167 e. The van der Waals surface area contributed by atoms with Gasteiger partial charge in [0.2, 0.25) is 0 Å². The molecule has 0 amide bonds. The van der Waals surface area contributed by atoms with Gasteiger partial charge in [-0.1, -0.05) is 62.0 Å². The Morgan fingerprint density at radius 3 is 2.68 bits per heavy atom. The summed E-state index contributed by atoms with van der Waals surface area (Å²) in [5.74, 6) is 0. The Morgan fingerprint density at radius 1 is 1.29 bits per heavy atom. The van der Waals surface area contributed by atoms with E-state index in [-0.39, 0.29) is 5.71 Å². The van der Waals surface area contributed by atoms with Crippen LogP contribution < -0.4 is 0 Å². The molecular formula is C24H31N3O. The predicted octanol–water partition coefficient (Wildman–Crippen LogP) is 6.05. The van der Waals surface area contributed by atoms with Crippen LogP contribution in [0.4, 0.5) is 0 Å². The highest BCUT2D eigenvalue weighted by Crippen LogP contribution is 2.26. The fourth-order valence-electron chi connectivity index (χ4n) is 2.63. The lowest BCUT2D eigenvalue weighted by atomic mass is 9.96. The van der Waals surface area contributed by atoms with Crippen LogP contribution in [0.5, 0.6) is 0 Å². The van der Waals surface area contributed by atoms with Gasteiger partial charge in [-0.15, -0.1) is 0 Å². The maximum absolute atomic E-state index is 11.0. The van der Waals surface area contributed by atoms with Crippen LogP contribution in [0, 0.1) is 5.41 Å². The van der Waals surface area contributed by atoms with Crippen molar-refractivity contribution in [1.82, 2.24) is 5.01 Å². The molecule has 0 aromatic carbocycles. The van der Waals surface area contributed by atoms with Gasteiger partial charge in [-0.3, -0.25) is 10.2 Å². The molecule has 0 radical (unpaired) electrons. The molecule has 1 aliphatic heterocycles. The number of nitrogens with zero attached hydrogens (tertiary/aromatic N) is 2. The highest BCUT2D eigenvalue weighted by atomic mass is 16.1. The summed E-state index contributed by atoms with van der Waals surface area (Å²) in [6, 6.07) is 0. The summed E-state index contributed by atoms with van der Waals surface area (Å²) in [6.45, 7) is 14.0. The molecule has 1 rings (SSSR count). The Labute approximate surface area is 169 Å². The quantitative estimate of drug-likeness (QED) is 0.271. The first-order chi connectivity index (χ1) is 13.4. The van der Waals surface area contributed by atoms with E-state index in [1.165, 1.54) is 5.57 Å². The standard InChI is InChI=1S/C24H31N3O/c1-6-9-19(3)10-8-11-20(4)12-14-22(16-24(25)18-28)23-15-13-21(5)27(17-23)26-7-2/h7-8,10-11,13,15-18,25H,3,5-6,9,12,14H2,1-2,4H3/b10-8-,20-11-,22-16+,25-24?,26-7-. The normalized spacial score (nSPS) is 15.5. The van der Waals surface area contributed by atoms with Gasteiger partial charge in [0.05, 0.1) is 11.4 Å². The third-order valence-electron chi connectivity index (χ3n) is 4.15. The molecule has 0 spiro atoms. The lowest BCUT2D eigenvalue weighted by Crippen LogP contribution is -2.12. The number of nitrogens with one attached hydrogen (secondary N) is 1. The van der Waals surface area contributed by atoms with Gasteiger partial charge >= 0.3 is 0 Å². The summed E-state index contributed by atoms with van der Waals surface area (Å²) in [5.41, 5.74) is 4.91. The summed E-state index contributed by atoms with van der Waals surface area (Å²) in [4.78, 5) is 11.0. The molecule has 1 heterocycles. The van der Waals surface area contributed by atoms with E-state index in [2.05, 4.69) is 38.2 Å². The molecule has 28 heavy (non-hydrogen) atoms. The summed E-state index contributed by atoms with van der Waals surface area (Å²) in [5, 5.41) is 13.7. The van der Waals surface area contributed by atoms with Crippen LogP contribution in [-0.4, -0.2) is 23.2 Å². The van der Waals surface area contributed by atoms with E-state index in [4.69, 9.17) is 5.41 Å². The van der Waals surface area contributed by atoms with Crippen LogP contribution in [0.25, 0.3) is 0 Å². The zero-order valence-electron chi connectivity index (χ0n) is 17.2. The van der Waals surface area contributed by atoms with Crippen LogP contribution >= 0.6 is 0 Å². The monoisotopic (exact) mass is 377 g/mol. The molecule has 1 N–H and O–H groups in total. The summed E-state index contributed by atoms with van der Waals surface area (Å²) in [7, 11) is 0. The van der Waals surface area contributed by atoms with Gasteiger partial charge in [0, 0.05) is 12.4 Å². The lowest BCUT2D eigenvalue weighted by molar-refractivity contribution is -0.102. The Hall–Kier alpha value is -3.01. The Bertz CT molecular complexity index is 789. The van der Waals surface area contributed by atoms with E-state index in [1.807, 2.05) is 37.4 Å². The number of aldehydes is 1. The maximum Gasteiger partial charge on any atom is 0.167 e. The highest BCUT2D eigenvalue weighted by Gasteiger charge is 2.12. The molecule has 4 nitrogen and oxygen atoms in total. The lowest BCUT2D eigenvalue weighted by Gasteiger charge is -2.21. The van der Waals surface area contributed by atoms with Crippen LogP contribution in [0.3, 0.4) is 0 Å². The van der Waals surface area contributed by atoms with Crippen LogP contribution in [0.15, 0.2) is 88.9 Å². The van der Waals surface area contributed by atoms with Gasteiger partial charge in [0.1, 0.15) is 0 Å². The van der Waals surface area contributed by atoms with Crippen molar-refractivity contribution in [3.05, 3.63) is 83.8 Å². The largest absolute Gasteiger partial charge is 0.297 e. The molecule has 148 valence electrons. The van der Waals surface area contributed by atoms with Crippen molar-refractivity contribution in [3.8, 4) is 0 Å². The fraction of sp³-hybridized carbons (Fsp3) is 0.292. The van der Waals surface area contributed by atoms with E-state index in [0.29, 0.717) is 12.7 Å². The van der Waals surface area contributed by atoms with Gasteiger partial charge in [0.15, 0.2) is 6.29 Å². The first kappa shape index (κ1) is 23.0. The molecule has 0 saturated carbocycles. The third-order valence-corrected chi connectivity index (χ3v) is 4.15. The molecule has 0 fully saturated rings. The molecule has 0 bridgehead atoms. The van der Waals surface area contributed by atoms with Crippen LogP contribution in [0.2, 0.25) is 0 Å². The van der Waals surface area contributed by atoms with E-state index < -0.39 is 0 Å². The maximum atomic E-state index is 11.0. The minimum atomic E-state index is -0.0448. The molecule has 1 aliphatic rings. The Morgan fingerprint density at radius 2 is 2.04 bits per heavy atom. The number of hydrogen-bond acceptors (Lipinski definition) is 4. The van der Waals surface area contributed by atoms with E-state index in [9.17, 15) is 4.79 Å². The summed E-state index contributed by atoms with van der Waals surface area (Å²) >= 11 is 0. The Balaban J connectivity index is 2.94. The molecule has 0 aromatic rings. The number of hydrazone groups is 1. The second kappa shape index (κ2) is 12.4. The third kappa shape index (κ3) is 8.12. The minimum absolute atomic E-state index is 0.0448. The van der Waals surface area contributed by atoms with Crippen molar-refractivity contribution in [3.63, 3.8) is 0 Å². The average molecular weight is 378 g/mol. The van der Waals surface area contributed by atoms with Gasteiger partial charge < -0.3 is 0 Å². The van der Waals surface area contributed by atoms with Crippen molar-refractivity contribution in [1.29, 1.82) is 5.41 Å². The van der Waals surface area contributed by atoms with Gasteiger partial charge in [-0.25, -0.2) is 5.01 Å². The fourth-order valence-corrected chi connectivity index (χ4v) is 2.63. The van der Waals surface area contributed by atoms with Gasteiger partial charge in [-0.2, -0.15) is 5.10 Å². The summed E-state index contributed by atoms with van der Waals surface area (Å²) < 4.78 is 0. The Kier molecular flexibility index (Phi) is 10.2. The van der Waals surface area contributed by atoms with Gasteiger partial charge in [-0.05, 0) is 56.4 Å². The van der Waals surface area contributed by atoms with E-state index in [1.54, 1.807) is 17.3 Å². The number of carbonyl (C=O) groups excluding carboxylic acids is 1. The van der Waals surface area contributed by atoms with Crippen molar-refractivity contribution in [2.75, 3.05) is 0 Å². The number of rotatable bonds is 11. The first-order valence-corrected chi connectivity index (χ1v) is 9.54. The highest BCUT2D eigenvalue weighted by molar-refractivity contribution is 6.32. The van der Waals surface area contributed by atoms with Crippen molar-refractivity contribution in [2.24, 2.45) is 5.10 Å². The van der Waals surface area contributed by atoms with Crippen molar-refractivity contribution in [2.45, 2.75) is 46.5 Å². The molecule has 4 heteroatoms. The average Bonchev–Trinajstić information content (AvgIpc) is 2.67. The molecule has 0 saturated heterocycles. The SMILES string of the molecule is C=C(/C=C\C=C(\C)CC/C(=C\C(=N)C=O)C1=CN(/N=C\C)C(=C)C=C1)CCC. The first-order valence-electron chi connectivity index (χ1n) is 9.54. The second-order valence-corrected chi connectivity index (χ2v) is 6.65. The number of hydrogen-bond donors (Lipinski definition) is 1. The number of allylic oxidation sites excluding steroid dienone is 10. The topological polar surface area (TPSA) is 56.5 Å². The predicted molar refractivity (Wildman–Crippen MR) is 120 cm³/mol. The minimum Gasteiger partial charge on any atom is -0.297 e. The van der Waals surface area contributed by atoms with Crippen molar-refractivity contribution >= 4 is 18.2 Å². The zero-order chi connectivity index (χ0) is 20.9. The zero-order valence-corrected chi connectivity index (χ0v) is 17.2.